The van der Waals surface area contributed by atoms with Crippen LogP contribution in [0.3, 0.4) is 0 Å². The van der Waals surface area contributed by atoms with E-state index < -0.39 is 0 Å². The third kappa shape index (κ3) is 2.24. The second-order valence-electron chi connectivity index (χ2n) is 5.10. The molecule has 5 heteroatoms. The maximum absolute atomic E-state index is 6.20. The molecule has 0 spiro atoms. The molecule has 0 unspecified atom stereocenters. The molecule has 1 saturated carbocycles. The van der Waals surface area contributed by atoms with Crippen LogP contribution in [0.4, 0.5) is 5.82 Å². The third-order valence-electron chi connectivity index (χ3n) is 4.02. The van der Waals surface area contributed by atoms with Gasteiger partial charge in [0.1, 0.15) is 12.1 Å². The Morgan fingerprint density at radius 3 is 2.47 bits per heavy atom. The fourth-order valence-corrected chi connectivity index (χ4v) is 3.07. The van der Waals surface area contributed by atoms with Gasteiger partial charge in [0.25, 0.3) is 0 Å². The van der Waals surface area contributed by atoms with E-state index in [1.54, 1.807) is 6.33 Å². The Bertz CT molecular complexity index is 384. The number of halogens is 1. The molecule has 3 rings (SSSR count). The molecule has 2 bridgehead atoms. The number of hydrogen-bond donors (Lipinski definition) is 1. The van der Waals surface area contributed by atoms with E-state index in [4.69, 9.17) is 5.73 Å². The van der Waals surface area contributed by atoms with Gasteiger partial charge in [-0.3, -0.25) is 0 Å². The fourth-order valence-electron chi connectivity index (χ4n) is 3.07. The van der Waals surface area contributed by atoms with E-state index in [0.29, 0.717) is 17.9 Å². The highest BCUT2D eigenvalue weighted by molar-refractivity contribution is 5.85. The number of aromatic nitrogens is 2. The highest BCUT2D eigenvalue weighted by Gasteiger charge is 2.40. The Kier molecular flexibility index (Phi) is 3.54. The molecule has 2 aliphatic rings. The van der Waals surface area contributed by atoms with Crippen molar-refractivity contribution in [1.29, 1.82) is 0 Å². The number of hydrogen-bond acceptors (Lipinski definition) is 4. The summed E-state index contributed by atoms with van der Waals surface area (Å²) in [6.45, 7) is 4.14. The molecule has 4 nitrogen and oxygen atoms in total. The first-order chi connectivity index (χ1) is 7.74. The standard InChI is InChI=1S/C12H18N4.ClH/c1-8-4-11(15-7-14-8)16-5-9-2-3-10(6-16)12(9)13;/h4,7,9-10,12H,2-3,5-6,13H2,1H3;1H/t9-,10+,12+;. The molecular weight excluding hydrogens is 236 g/mol. The second kappa shape index (κ2) is 4.78. The summed E-state index contributed by atoms with van der Waals surface area (Å²) in [5.41, 5.74) is 7.23. The van der Waals surface area contributed by atoms with Crippen molar-refractivity contribution in [2.75, 3.05) is 18.0 Å². The monoisotopic (exact) mass is 254 g/mol. The maximum Gasteiger partial charge on any atom is 0.132 e. The summed E-state index contributed by atoms with van der Waals surface area (Å²) in [6, 6.07) is 2.48. The van der Waals surface area contributed by atoms with Crippen LogP contribution in [0.1, 0.15) is 18.5 Å². The third-order valence-corrected chi connectivity index (χ3v) is 4.02. The molecule has 3 atom stereocenters. The van der Waals surface area contributed by atoms with Crippen LogP contribution in [0.15, 0.2) is 12.4 Å². The quantitative estimate of drug-likeness (QED) is 0.823. The molecule has 1 aliphatic heterocycles. The van der Waals surface area contributed by atoms with Crippen LogP contribution in [0.5, 0.6) is 0 Å². The van der Waals surface area contributed by atoms with Gasteiger partial charge in [0.15, 0.2) is 0 Å². The van der Waals surface area contributed by atoms with Crippen LogP contribution >= 0.6 is 12.4 Å². The number of piperidine rings is 1. The summed E-state index contributed by atoms with van der Waals surface area (Å²) in [5.74, 6) is 2.39. The SMILES string of the molecule is Cc1cc(N2C[C@H]3CC[C@@H](C2)[C@H]3N)ncn1.Cl. The van der Waals surface area contributed by atoms with Gasteiger partial charge in [-0.1, -0.05) is 0 Å². The predicted octanol–water partition coefficient (Wildman–Crippen LogP) is 1.38. The molecule has 0 amide bonds. The van der Waals surface area contributed by atoms with Crippen LogP contribution in [-0.4, -0.2) is 29.1 Å². The largest absolute Gasteiger partial charge is 0.356 e. The lowest BCUT2D eigenvalue weighted by Crippen LogP contribution is -2.49. The Hall–Kier alpha value is -0.870. The molecule has 2 N–H and O–H groups in total. The summed E-state index contributed by atoms with van der Waals surface area (Å²) in [7, 11) is 0. The maximum atomic E-state index is 6.20. The van der Waals surface area contributed by atoms with Crippen molar-refractivity contribution >= 4 is 18.2 Å². The Labute approximate surface area is 108 Å². The van der Waals surface area contributed by atoms with Crippen LogP contribution in [-0.2, 0) is 0 Å². The molecule has 0 radical (unpaired) electrons. The van der Waals surface area contributed by atoms with Gasteiger partial charge in [-0.2, -0.15) is 0 Å². The lowest BCUT2D eigenvalue weighted by Gasteiger charge is -2.36. The molecule has 0 aromatic carbocycles. The van der Waals surface area contributed by atoms with E-state index in [0.717, 1.165) is 24.6 Å². The molecular formula is C12H19ClN4. The van der Waals surface area contributed by atoms with E-state index in [1.807, 2.05) is 6.92 Å². The topological polar surface area (TPSA) is 55.0 Å². The van der Waals surface area contributed by atoms with Crippen molar-refractivity contribution in [2.45, 2.75) is 25.8 Å². The normalized spacial score (nSPS) is 31.2. The minimum atomic E-state index is 0. The van der Waals surface area contributed by atoms with Crippen molar-refractivity contribution in [1.82, 2.24) is 9.97 Å². The zero-order chi connectivity index (χ0) is 11.1. The fraction of sp³-hybridized carbons (Fsp3) is 0.667. The highest BCUT2D eigenvalue weighted by atomic mass is 35.5. The molecule has 1 saturated heterocycles. The minimum absolute atomic E-state index is 0. The average molecular weight is 255 g/mol. The first kappa shape index (κ1) is 12.6. The van der Waals surface area contributed by atoms with Gasteiger partial charge in [-0.05, 0) is 31.6 Å². The highest BCUT2D eigenvalue weighted by Crippen LogP contribution is 2.36. The van der Waals surface area contributed by atoms with Crippen LogP contribution in [0.2, 0.25) is 0 Å². The Morgan fingerprint density at radius 1 is 1.24 bits per heavy atom. The molecule has 94 valence electrons. The van der Waals surface area contributed by atoms with Gasteiger partial charge in [0.2, 0.25) is 0 Å². The Balaban J connectivity index is 0.00000108. The van der Waals surface area contributed by atoms with Crippen molar-refractivity contribution in [3.63, 3.8) is 0 Å². The van der Waals surface area contributed by atoms with E-state index >= 15 is 0 Å². The zero-order valence-corrected chi connectivity index (χ0v) is 10.9. The van der Waals surface area contributed by atoms with Gasteiger partial charge in [0, 0.05) is 30.9 Å². The van der Waals surface area contributed by atoms with Crippen molar-refractivity contribution in [3.8, 4) is 0 Å². The van der Waals surface area contributed by atoms with Crippen molar-refractivity contribution < 1.29 is 0 Å². The second-order valence-corrected chi connectivity index (χ2v) is 5.10. The van der Waals surface area contributed by atoms with Crippen LogP contribution in [0.25, 0.3) is 0 Å². The predicted molar refractivity (Wildman–Crippen MR) is 70.4 cm³/mol. The van der Waals surface area contributed by atoms with Gasteiger partial charge >= 0.3 is 0 Å². The Morgan fingerprint density at radius 2 is 1.88 bits per heavy atom. The molecule has 17 heavy (non-hydrogen) atoms. The number of fused-ring (bicyclic) bond motifs is 2. The number of anilines is 1. The lowest BCUT2D eigenvalue weighted by atomic mass is 9.93. The van der Waals surface area contributed by atoms with Crippen LogP contribution < -0.4 is 10.6 Å². The minimum Gasteiger partial charge on any atom is -0.356 e. The zero-order valence-electron chi connectivity index (χ0n) is 10.0. The summed E-state index contributed by atoms with van der Waals surface area (Å²) in [5, 5.41) is 0. The number of nitrogens with two attached hydrogens (primary N) is 1. The van der Waals surface area contributed by atoms with E-state index in [2.05, 4.69) is 20.9 Å². The van der Waals surface area contributed by atoms with Gasteiger partial charge in [-0.15, -0.1) is 12.4 Å². The number of nitrogens with zero attached hydrogens (tertiary/aromatic N) is 3. The molecule has 2 heterocycles. The molecule has 1 aromatic rings. The van der Waals surface area contributed by atoms with E-state index in [9.17, 15) is 0 Å². The summed E-state index contributed by atoms with van der Waals surface area (Å²) in [6.07, 6.45) is 4.22. The summed E-state index contributed by atoms with van der Waals surface area (Å²) in [4.78, 5) is 10.9. The average Bonchev–Trinajstić information content (AvgIpc) is 2.53. The smallest absolute Gasteiger partial charge is 0.132 e. The van der Waals surface area contributed by atoms with Crippen molar-refractivity contribution in [3.05, 3.63) is 18.1 Å². The summed E-state index contributed by atoms with van der Waals surface area (Å²) >= 11 is 0. The molecule has 1 aromatic heterocycles. The summed E-state index contributed by atoms with van der Waals surface area (Å²) < 4.78 is 0. The van der Waals surface area contributed by atoms with Gasteiger partial charge in [-0.25, -0.2) is 9.97 Å². The van der Waals surface area contributed by atoms with Gasteiger partial charge < -0.3 is 10.6 Å². The molecule has 1 aliphatic carbocycles. The molecule has 2 fully saturated rings. The van der Waals surface area contributed by atoms with E-state index in [1.165, 1.54) is 12.8 Å². The lowest BCUT2D eigenvalue weighted by molar-refractivity contribution is 0.355. The van der Waals surface area contributed by atoms with E-state index in [-0.39, 0.29) is 12.4 Å². The first-order valence-corrected chi connectivity index (χ1v) is 6.03. The number of aryl methyl sites for hydroxylation is 1. The first-order valence-electron chi connectivity index (χ1n) is 6.03. The number of rotatable bonds is 1. The van der Waals surface area contributed by atoms with Crippen molar-refractivity contribution in [2.24, 2.45) is 17.6 Å². The van der Waals surface area contributed by atoms with Gasteiger partial charge in [0.05, 0.1) is 0 Å². The van der Waals surface area contributed by atoms with Crippen LogP contribution in [0, 0.1) is 18.8 Å².